The summed E-state index contributed by atoms with van der Waals surface area (Å²) >= 11 is 11.9. The molecule has 1 heterocycles. The number of nitrogens with zero attached hydrogens (tertiary/aromatic N) is 2. The molecule has 1 aliphatic heterocycles. The molecule has 2 aromatic carbocycles. The van der Waals surface area contributed by atoms with E-state index in [1.165, 1.54) is 5.69 Å². The minimum Gasteiger partial charge on any atom is -0.371 e. The maximum Gasteiger partial charge on any atom is 0.250 e. The van der Waals surface area contributed by atoms with E-state index in [1.54, 1.807) is 18.2 Å². The lowest BCUT2D eigenvalue weighted by molar-refractivity contribution is -0.112. The van der Waals surface area contributed by atoms with Crippen LogP contribution in [-0.2, 0) is 4.79 Å². The lowest BCUT2D eigenvalue weighted by Gasteiger charge is -2.37. The van der Waals surface area contributed by atoms with Crippen LogP contribution in [0.3, 0.4) is 0 Å². The van der Waals surface area contributed by atoms with Crippen molar-refractivity contribution in [3.63, 3.8) is 0 Å². The molecule has 0 unspecified atom stereocenters. The van der Waals surface area contributed by atoms with Gasteiger partial charge in [0.1, 0.15) is 0 Å². The standard InChI is InChI=1S/C20H21Cl2N3O/c1-15(13-20(26)23-18-4-2-3-17(22)14-18)24-9-11-25(12-10-24)19-7-5-16(21)6-8-19/h2-8,13-14H,9-12H2,1H3,(H,23,26)/b15-13-. The Balaban J connectivity index is 1.55. The Morgan fingerprint density at radius 2 is 1.69 bits per heavy atom. The summed E-state index contributed by atoms with van der Waals surface area (Å²) in [5.41, 5.74) is 2.83. The van der Waals surface area contributed by atoms with E-state index >= 15 is 0 Å². The smallest absolute Gasteiger partial charge is 0.250 e. The third kappa shape index (κ3) is 4.93. The average Bonchev–Trinajstić information content (AvgIpc) is 2.62. The summed E-state index contributed by atoms with van der Waals surface area (Å²) < 4.78 is 0. The number of carbonyl (C=O) groups excluding carboxylic acids is 1. The third-order valence-corrected chi connectivity index (χ3v) is 4.89. The van der Waals surface area contributed by atoms with Crippen LogP contribution in [0.5, 0.6) is 0 Å². The van der Waals surface area contributed by atoms with Crippen molar-refractivity contribution in [3.05, 3.63) is 70.3 Å². The Hall–Kier alpha value is -2.17. The molecule has 0 spiro atoms. The van der Waals surface area contributed by atoms with Gasteiger partial charge in [-0.25, -0.2) is 0 Å². The monoisotopic (exact) mass is 389 g/mol. The van der Waals surface area contributed by atoms with Crippen LogP contribution in [0.15, 0.2) is 60.3 Å². The molecule has 1 saturated heterocycles. The number of allylic oxidation sites excluding steroid dienone is 1. The number of nitrogens with one attached hydrogen (secondary N) is 1. The zero-order chi connectivity index (χ0) is 18.5. The van der Waals surface area contributed by atoms with Gasteiger partial charge in [0.25, 0.3) is 0 Å². The Bertz CT molecular complexity index is 797. The predicted molar refractivity (Wildman–Crippen MR) is 109 cm³/mol. The Morgan fingerprint density at radius 3 is 2.35 bits per heavy atom. The highest BCUT2D eigenvalue weighted by molar-refractivity contribution is 6.31. The minimum absolute atomic E-state index is 0.148. The van der Waals surface area contributed by atoms with Crippen LogP contribution < -0.4 is 10.2 Å². The number of anilines is 2. The van der Waals surface area contributed by atoms with Crippen LogP contribution in [-0.4, -0.2) is 37.0 Å². The third-order valence-electron chi connectivity index (χ3n) is 4.40. The highest BCUT2D eigenvalue weighted by Crippen LogP contribution is 2.21. The van der Waals surface area contributed by atoms with E-state index in [0.717, 1.165) is 36.9 Å². The van der Waals surface area contributed by atoms with E-state index in [-0.39, 0.29) is 5.91 Å². The predicted octanol–water partition coefficient (Wildman–Crippen LogP) is 4.66. The summed E-state index contributed by atoms with van der Waals surface area (Å²) in [5.74, 6) is -0.148. The number of piperazine rings is 1. The van der Waals surface area contributed by atoms with E-state index in [9.17, 15) is 4.79 Å². The SMILES string of the molecule is C/C(=C/C(=O)Nc1cccc(Cl)c1)N1CCN(c2ccc(Cl)cc2)CC1. The molecule has 0 radical (unpaired) electrons. The molecule has 0 aromatic heterocycles. The van der Waals surface area contributed by atoms with Crippen LogP contribution in [0, 0.1) is 0 Å². The van der Waals surface area contributed by atoms with Gasteiger partial charge in [0.05, 0.1) is 0 Å². The number of benzene rings is 2. The minimum atomic E-state index is -0.148. The highest BCUT2D eigenvalue weighted by atomic mass is 35.5. The van der Waals surface area contributed by atoms with Gasteiger partial charge in [-0.1, -0.05) is 29.3 Å². The van der Waals surface area contributed by atoms with Crippen molar-refractivity contribution in [2.45, 2.75) is 6.92 Å². The molecule has 1 N–H and O–H groups in total. The Morgan fingerprint density at radius 1 is 1.00 bits per heavy atom. The maximum absolute atomic E-state index is 12.2. The van der Waals surface area contributed by atoms with Gasteiger partial charge in [-0.2, -0.15) is 0 Å². The molecule has 0 bridgehead atoms. The van der Waals surface area contributed by atoms with Gasteiger partial charge in [0.15, 0.2) is 0 Å². The van der Waals surface area contributed by atoms with Gasteiger partial charge < -0.3 is 15.1 Å². The molecule has 0 atom stereocenters. The van der Waals surface area contributed by atoms with Crippen molar-refractivity contribution < 1.29 is 4.79 Å². The summed E-state index contributed by atoms with van der Waals surface area (Å²) in [6.07, 6.45) is 1.64. The normalized spacial score (nSPS) is 15.1. The summed E-state index contributed by atoms with van der Waals surface area (Å²) in [5, 5.41) is 4.19. The molecule has 136 valence electrons. The van der Waals surface area contributed by atoms with Gasteiger partial charge in [0, 0.05) is 59.4 Å². The van der Waals surface area contributed by atoms with Crippen molar-refractivity contribution in [1.29, 1.82) is 0 Å². The van der Waals surface area contributed by atoms with Crippen LogP contribution in [0.4, 0.5) is 11.4 Å². The first-order valence-electron chi connectivity index (χ1n) is 8.51. The molecule has 4 nitrogen and oxygen atoms in total. The summed E-state index contributed by atoms with van der Waals surface area (Å²) in [4.78, 5) is 16.8. The van der Waals surface area contributed by atoms with E-state index in [1.807, 2.05) is 43.3 Å². The van der Waals surface area contributed by atoms with Gasteiger partial charge in [0.2, 0.25) is 5.91 Å². The molecule has 26 heavy (non-hydrogen) atoms. The molecule has 2 aromatic rings. The average molecular weight is 390 g/mol. The fraction of sp³-hybridized carbons (Fsp3) is 0.250. The number of carbonyl (C=O) groups is 1. The number of rotatable bonds is 4. The molecule has 1 fully saturated rings. The number of hydrogen-bond donors (Lipinski definition) is 1. The van der Waals surface area contributed by atoms with Crippen molar-refractivity contribution >= 4 is 40.5 Å². The molecule has 1 amide bonds. The van der Waals surface area contributed by atoms with Gasteiger partial charge >= 0.3 is 0 Å². The Labute approximate surface area is 164 Å². The van der Waals surface area contributed by atoms with Crippen molar-refractivity contribution in [1.82, 2.24) is 4.90 Å². The molecule has 3 rings (SSSR count). The lowest BCUT2D eigenvalue weighted by Crippen LogP contribution is -2.45. The van der Waals surface area contributed by atoms with Crippen molar-refractivity contribution in [3.8, 4) is 0 Å². The summed E-state index contributed by atoms with van der Waals surface area (Å²) in [7, 11) is 0. The van der Waals surface area contributed by atoms with Crippen molar-refractivity contribution in [2.24, 2.45) is 0 Å². The van der Waals surface area contributed by atoms with Crippen LogP contribution >= 0.6 is 23.2 Å². The first-order chi connectivity index (χ1) is 12.5. The molecule has 0 saturated carbocycles. The molecule has 0 aliphatic carbocycles. The largest absolute Gasteiger partial charge is 0.371 e. The first-order valence-corrected chi connectivity index (χ1v) is 9.27. The van der Waals surface area contributed by atoms with E-state index in [2.05, 4.69) is 15.1 Å². The fourth-order valence-corrected chi connectivity index (χ4v) is 3.31. The molecular weight excluding hydrogens is 369 g/mol. The zero-order valence-electron chi connectivity index (χ0n) is 14.6. The number of halogens is 2. The highest BCUT2D eigenvalue weighted by Gasteiger charge is 2.17. The maximum atomic E-state index is 12.2. The molecule has 1 aliphatic rings. The lowest BCUT2D eigenvalue weighted by atomic mass is 10.2. The van der Waals surface area contributed by atoms with Gasteiger partial charge in [-0.05, 0) is 49.4 Å². The summed E-state index contributed by atoms with van der Waals surface area (Å²) in [6, 6.07) is 15.0. The first kappa shape index (κ1) is 18.6. The molecule has 6 heteroatoms. The summed E-state index contributed by atoms with van der Waals surface area (Å²) in [6.45, 7) is 5.52. The van der Waals surface area contributed by atoms with E-state index in [4.69, 9.17) is 23.2 Å². The quantitative estimate of drug-likeness (QED) is 0.772. The van der Waals surface area contributed by atoms with Crippen molar-refractivity contribution in [2.75, 3.05) is 36.4 Å². The number of hydrogen-bond acceptors (Lipinski definition) is 3. The topological polar surface area (TPSA) is 35.6 Å². The Kier molecular flexibility index (Phi) is 6.07. The van der Waals surface area contributed by atoms with Crippen LogP contribution in [0.2, 0.25) is 10.0 Å². The van der Waals surface area contributed by atoms with Gasteiger partial charge in [-0.15, -0.1) is 0 Å². The molecular formula is C20H21Cl2N3O. The zero-order valence-corrected chi connectivity index (χ0v) is 16.1. The fourth-order valence-electron chi connectivity index (χ4n) is 2.99. The second kappa shape index (κ2) is 8.47. The second-order valence-corrected chi connectivity index (χ2v) is 7.11. The van der Waals surface area contributed by atoms with Crippen LogP contribution in [0.25, 0.3) is 0 Å². The van der Waals surface area contributed by atoms with Gasteiger partial charge in [-0.3, -0.25) is 4.79 Å². The van der Waals surface area contributed by atoms with E-state index < -0.39 is 0 Å². The number of amides is 1. The van der Waals surface area contributed by atoms with Crippen LogP contribution in [0.1, 0.15) is 6.92 Å². The van der Waals surface area contributed by atoms with E-state index in [0.29, 0.717) is 10.7 Å². The second-order valence-electron chi connectivity index (χ2n) is 6.24.